The van der Waals surface area contributed by atoms with E-state index in [2.05, 4.69) is 0 Å². The molecule has 0 unspecified atom stereocenters. The average molecular weight is 509 g/mol. The fourth-order valence-corrected chi connectivity index (χ4v) is 5.17. The summed E-state index contributed by atoms with van der Waals surface area (Å²) in [5.41, 5.74) is 0.268. The molecule has 0 radical (unpaired) electrons. The minimum atomic E-state index is -0.717. The molecule has 1 aliphatic heterocycles. The van der Waals surface area contributed by atoms with Gasteiger partial charge in [-0.1, -0.05) is 43.8 Å². The quantitative estimate of drug-likeness (QED) is 0.287. The number of fused-ring (bicyclic) bond motifs is 1. The molecule has 8 nitrogen and oxygen atoms in total. The van der Waals surface area contributed by atoms with Gasteiger partial charge in [0.05, 0.1) is 21.9 Å². The number of carbonyl (C=O) groups excluding carboxylic acids is 1. The van der Waals surface area contributed by atoms with E-state index >= 15 is 0 Å². The molecule has 1 fully saturated rings. The van der Waals surface area contributed by atoms with E-state index < -0.39 is 22.0 Å². The zero-order valence-corrected chi connectivity index (χ0v) is 19.4. The van der Waals surface area contributed by atoms with Crippen molar-refractivity contribution >= 4 is 39.5 Å². The first-order valence-corrected chi connectivity index (χ1v) is 11.9. The standard InChI is InChI=1S/C25H21FN4O4S.CH4/c26-18-9-7-17(8-10-18)16-29-20-5-2-1-4-19(20)22(23(25(29)32)30(33)34)27-11-13-28(14-12-27)24(31)21-6-3-15-35-21;/h1-10,15H,11-14,16H2;1H4. The Hall–Kier alpha value is -4.05. The second kappa shape index (κ2) is 10.3. The first-order chi connectivity index (χ1) is 16.9. The molecule has 186 valence electrons. The predicted molar refractivity (Wildman–Crippen MR) is 140 cm³/mol. The number of halogens is 1. The molecule has 0 saturated carbocycles. The molecule has 36 heavy (non-hydrogen) atoms. The highest BCUT2D eigenvalue weighted by atomic mass is 32.1. The van der Waals surface area contributed by atoms with Crippen molar-refractivity contribution in [2.45, 2.75) is 14.0 Å². The maximum absolute atomic E-state index is 13.4. The summed E-state index contributed by atoms with van der Waals surface area (Å²) < 4.78 is 14.7. The normalized spacial score (nSPS) is 13.5. The summed E-state index contributed by atoms with van der Waals surface area (Å²) in [5.74, 6) is -0.460. The molecule has 1 aliphatic rings. The van der Waals surface area contributed by atoms with Crippen molar-refractivity contribution in [1.29, 1.82) is 0 Å². The van der Waals surface area contributed by atoms with Gasteiger partial charge in [0.15, 0.2) is 0 Å². The maximum atomic E-state index is 13.4. The number of nitro groups is 1. The molecular weight excluding hydrogens is 483 g/mol. The molecule has 10 heteroatoms. The molecule has 2 aromatic carbocycles. The number of aromatic nitrogens is 1. The molecular formula is C26H25FN4O4S. The van der Waals surface area contributed by atoms with Gasteiger partial charge in [-0.2, -0.15) is 0 Å². The van der Waals surface area contributed by atoms with Gasteiger partial charge in [-0.05, 0) is 35.2 Å². The van der Waals surface area contributed by atoms with E-state index in [1.165, 1.54) is 28.0 Å². The summed E-state index contributed by atoms with van der Waals surface area (Å²) in [5, 5.41) is 14.6. The molecule has 0 spiro atoms. The number of rotatable bonds is 5. The number of thiophene rings is 1. The third-order valence-electron chi connectivity index (χ3n) is 6.17. The van der Waals surface area contributed by atoms with Crippen LogP contribution in [0.5, 0.6) is 0 Å². The fourth-order valence-electron chi connectivity index (χ4n) is 4.48. The largest absolute Gasteiger partial charge is 0.362 e. The summed E-state index contributed by atoms with van der Waals surface area (Å²) in [4.78, 5) is 41.9. The molecule has 5 rings (SSSR count). The number of amides is 1. The van der Waals surface area contributed by atoms with Crippen LogP contribution in [0.2, 0.25) is 0 Å². The first-order valence-electron chi connectivity index (χ1n) is 11.1. The number of anilines is 1. The summed E-state index contributed by atoms with van der Waals surface area (Å²) >= 11 is 1.38. The second-order valence-corrected chi connectivity index (χ2v) is 9.19. The Morgan fingerprint density at radius 3 is 2.33 bits per heavy atom. The smallest absolute Gasteiger partial charge is 0.357 e. The van der Waals surface area contributed by atoms with Gasteiger partial charge >= 0.3 is 11.2 Å². The number of benzene rings is 2. The van der Waals surface area contributed by atoms with E-state index in [1.54, 1.807) is 47.4 Å². The lowest BCUT2D eigenvalue weighted by molar-refractivity contribution is -0.385. The highest BCUT2D eigenvalue weighted by Crippen LogP contribution is 2.34. The molecule has 1 saturated heterocycles. The van der Waals surface area contributed by atoms with Crippen LogP contribution in [0.1, 0.15) is 22.7 Å². The maximum Gasteiger partial charge on any atom is 0.357 e. The Morgan fingerprint density at radius 1 is 1.00 bits per heavy atom. The van der Waals surface area contributed by atoms with Gasteiger partial charge in [-0.3, -0.25) is 24.3 Å². The molecule has 0 N–H and O–H groups in total. The van der Waals surface area contributed by atoms with Crippen LogP contribution in [-0.4, -0.2) is 46.5 Å². The summed E-state index contributed by atoms with van der Waals surface area (Å²) in [7, 11) is 0. The van der Waals surface area contributed by atoms with E-state index in [9.17, 15) is 24.1 Å². The Morgan fingerprint density at radius 2 is 1.69 bits per heavy atom. The molecule has 3 heterocycles. The van der Waals surface area contributed by atoms with Crippen LogP contribution in [-0.2, 0) is 6.54 Å². The van der Waals surface area contributed by atoms with Gasteiger partial charge in [0.25, 0.3) is 5.91 Å². The van der Waals surface area contributed by atoms with Crippen LogP contribution < -0.4 is 10.5 Å². The van der Waals surface area contributed by atoms with Gasteiger partial charge in [0, 0.05) is 31.6 Å². The number of para-hydroxylation sites is 1. The van der Waals surface area contributed by atoms with Crippen molar-refractivity contribution in [2.24, 2.45) is 0 Å². The van der Waals surface area contributed by atoms with Gasteiger partial charge in [0.2, 0.25) is 0 Å². The number of pyridine rings is 1. The van der Waals surface area contributed by atoms with Crippen LogP contribution in [0.25, 0.3) is 10.9 Å². The number of carbonyl (C=O) groups is 1. The lowest BCUT2D eigenvalue weighted by Gasteiger charge is -2.36. The van der Waals surface area contributed by atoms with Crippen LogP contribution >= 0.6 is 11.3 Å². The Balaban J connectivity index is 0.00000304. The SMILES string of the molecule is C.O=C(c1cccs1)N1CCN(c2c([N+](=O)[O-])c(=O)n(Cc3ccc(F)cc3)c3ccccc23)CC1. The van der Waals surface area contributed by atoms with Crippen LogP contribution in [0.3, 0.4) is 0 Å². The van der Waals surface area contributed by atoms with Crippen molar-refractivity contribution in [1.82, 2.24) is 9.47 Å². The van der Waals surface area contributed by atoms with Crippen LogP contribution in [0.4, 0.5) is 15.8 Å². The average Bonchev–Trinajstić information content (AvgIpc) is 3.41. The summed E-state index contributed by atoms with van der Waals surface area (Å²) in [6, 6.07) is 16.4. The molecule has 0 bridgehead atoms. The molecule has 4 aromatic rings. The highest BCUT2D eigenvalue weighted by Gasteiger charge is 2.32. The van der Waals surface area contributed by atoms with E-state index in [0.29, 0.717) is 47.5 Å². The topological polar surface area (TPSA) is 88.7 Å². The van der Waals surface area contributed by atoms with Gasteiger partial charge in [0.1, 0.15) is 11.5 Å². The number of hydrogen-bond acceptors (Lipinski definition) is 6. The molecule has 1 amide bonds. The van der Waals surface area contributed by atoms with Crippen molar-refractivity contribution in [2.75, 3.05) is 31.1 Å². The first kappa shape index (κ1) is 25.1. The second-order valence-electron chi connectivity index (χ2n) is 8.25. The molecule has 0 aliphatic carbocycles. The Kier molecular flexibility index (Phi) is 7.16. The van der Waals surface area contributed by atoms with Crippen molar-refractivity contribution in [3.8, 4) is 0 Å². The highest BCUT2D eigenvalue weighted by molar-refractivity contribution is 7.12. The third-order valence-corrected chi connectivity index (χ3v) is 7.03. The van der Waals surface area contributed by atoms with Crippen molar-refractivity contribution in [3.05, 3.63) is 103 Å². The summed E-state index contributed by atoms with van der Waals surface area (Å²) in [6.07, 6.45) is 0. The number of hydrogen-bond donors (Lipinski definition) is 0. The lowest BCUT2D eigenvalue weighted by Crippen LogP contribution is -2.49. The molecule has 0 atom stereocenters. The number of nitrogens with zero attached hydrogens (tertiary/aromatic N) is 4. The van der Waals surface area contributed by atoms with E-state index in [-0.39, 0.29) is 25.6 Å². The zero-order valence-electron chi connectivity index (χ0n) is 18.6. The Bertz CT molecular complexity index is 1460. The minimum absolute atomic E-state index is 0. The van der Waals surface area contributed by atoms with Crippen LogP contribution in [0.15, 0.2) is 70.8 Å². The van der Waals surface area contributed by atoms with Crippen molar-refractivity contribution < 1.29 is 14.1 Å². The van der Waals surface area contributed by atoms with Crippen LogP contribution in [0, 0.1) is 15.9 Å². The van der Waals surface area contributed by atoms with E-state index in [1.807, 2.05) is 16.3 Å². The third kappa shape index (κ3) is 4.59. The predicted octanol–water partition coefficient (Wildman–Crippen LogP) is 4.76. The van der Waals surface area contributed by atoms with E-state index in [4.69, 9.17) is 0 Å². The number of piperazine rings is 1. The van der Waals surface area contributed by atoms with Crippen molar-refractivity contribution in [3.63, 3.8) is 0 Å². The minimum Gasteiger partial charge on any atom is -0.362 e. The monoisotopic (exact) mass is 508 g/mol. The fraction of sp³-hybridized carbons (Fsp3) is 0.231. The molecule has 2 aromatic heterocycles. The van der Waals surface area contributed by atoms with Gasteiger partial charge in [-0.15, -0.1) is 11.3 Å². The van der Waals surface area contributed by atoms with Gasteiger partial charge < -0.3 is 9.80 Å². The lowest BCUT2D eigenvalue weighted by atomic mass is 10.1. The summed E-state index contributed by atoms with van der Waals surface area (Å²) in [6.45, 7) is 1.58. The van der Waals surface area contributed by atoms with E-state index in [0.717, 1.165) is 0 Å². The van der Waals surface area contributed by atoms with Gasteiger partial charge in [-0.25, -0.2) is 4.39 Å². The zero-order chi connectivity index (χ0) is 24.5. The Labute approximate surface area is 211 Å².